The van der Waals surface area contributed by atoms with E-state index in [9.17, 15) is 19.6 Å². The number of amides is 3. The van der Waals surface area contributed by atoms with Crippen molar-refractivity contribution in [1.29, 1.82) is 5.26 Å². The van der Waals surface area contributed by atoms with E-state index in [0.717, 1.165) is 108 Å². The van der Waals surface area contributed by atoms with Crippen molar-refractivity contribution in [1.82, 2.24) is 25.3 Å². The van der Waals surface area contributed by atoms with Gasteiger partial charge in [-0.2, -0.15) is 5.26 Å². The first-order valence-electron chi connectivity index (χ1n) is 19.2. The molecule has 1 spiro atoms. The number of rotatable bonds is 8. The summed E-state index contributed by atoms with van der Waals surface area (Å²) in [6.45, 7) is 11.2. The van der Waals surface area contributed by atoms with Gasteiger partial charge in [0, 0.05) is 101 Å². The Kier molecular flexibility index (Phi) is 10.1. The Bertz CT molecular complexity index is 1930. The van der Waals surface area contributed by atoms with E-state index in [1.807, 2.05) is 47.4 Å². The molecule has 0 saturated carbocycles. The molecule has 8 rings (SSSR count). The number of carbonyl (C=O) groups is 3. The van der Waals surface area contributed by atoms with Gasteiger partial charge < -0.3 is 24.9 Å². The van der Waals surface area contributed by atoms with E-state index >= 15 is 0 Å². The van der Waals surface area contributed by atoms with Crippen molar-refractivity contribution < 1.29 is 14.4 Å². The quantitative estimate of drug-likeness (QED) is 0.323. The number of carbonyl (C=O) groups excluding carboxylic acids is 3. The van der Waals surface area contributed by atoms with Gasteiger partial charge in [0.15, 0.2) is 11.5 Å². The highest BCUT2D eigenvalue weighted by Crippen LogP contribution is 2.45. The molecule has 0 aliphatic carbocycles. The van der Waals surface area contributed by atoms with Crippen LogP contribution in [0.5, 0.6) is 0 Å². The van der Waals surface area contributed by atoms with Crippen molar-refractivity contribution in [3.8, 4) is 6.07 Å². The maximum absolute atomic E-state index is 13.3. The molecule has 54 heavy (non-hydrogen) atoms. The topological polar surface area (TPSA) is 141 Å². The minimum absolute atomic E-state index is 0.0542. The van der Waals surface area contributed by atoms with Gasteiger partial charge in [-0.25, -0.2) is 0 Å². The molecule has 2 atom stereocenters. The molecule has 5 aliphatic heterocycles. The number of piperazine rings is 1. The highest BCUT2D eigenvalue weighted by atomic mass is 35.5. The number of nitrogens with one attached hydrogen (secondary N) is 2. The summed E-state index contributed by atoms with van der Waals surface area (Å²) in [6.07, 6.45) is 4.08. The molecule has 2 aromatic carbocycles. The first-order chi connectivity index (χ1) is 26.1. The van der Waals surface area contributed by atoms with Gasteiger partial charge in [-0.1, -0.05) is 17.7 Å². The van der Waals surface area contributed by atoms with Crippen molar-refractivity contribution in [3.63, 3.8) is 0 Å². The third-order valence-electron chi connectivity index (χ3n) is 12.1. The number of nitrogens with zero attached hydrogens (tertiary/aromatic N) is 8. The van der Waals surface area contributed by atoms with E-state index in [1.54, 1.807) is 0 Å². The van der Waals surface area contributed by atoms with Crippen molar-refractivity contribution in [2.24, 2.45) is 11.3 Å². The molecule has 5 fully saturated rings. The Morgan fingerprint density at radius 1 is 0.981 bits per heavy atom. The van der Waals surface area contributed by atoms with E-state index in [-0.39, 0.29) is 23.1 Å². The van der Waals surface area contributed by atoms with Crippen LogP contribution in [0.15, 0.2) is 54.6 Å². The summed E-state index contributed by atoms with van der Waals surface area (Å²) >= 11 is 6.36. The molecule has 2 N–H and O–H groups in total. The fourth-order valence-electron chi connectivity index (χ4n) is 9.01. The monoisotopic (exact) mass is 750 g/mol. The fraction of sp³-hybridized carbons (Fsp3) is 0.500. The van der Waals surface area contributed by atoms with E-state index in [4.69, 9.17) is 11.6 Å². The number of aromatic nitrogens is 2. The number of hydrogen-bond acceptors (Lipinski definition) is 11. The molecule has 5 saturated heterocycles. The number of likely N-dealkylation sites (tertiary alicyclic amines) is 1. The Labute approximate surface area is 321 Å². The summed E-state index contributed by atoms with van der Waals surface area (Å²) in [7, 11) is 0. The number of benzene rings is 2. The zero-order chi connectivity index (χ0) is 37.4. The van der Waals surface area contributed by atoms with Gasteiger partial charge in [0.05, 0.1) is 10.6 Å². The molecule has 3 amide bonds. The van der Waals surface area contributed by atoms with E-state index in [0.29, 0.717) is 41.1 Å². The summed E-state index contributed by atoms with van der Waals surface area (Å²) in [6, 6.07) is 19.8. The number of imide groups is 1. The maximum Gasteiger partial charge on any atom is 0.274 e. The highest BCUT2D eigenvalue weighted by molar-refractivity contribution is 6.32. The van der Waals surface area contributed by atoms with Crippen LogP contribution in [0.4, 0.5) is 22.9 Å². The third-order valence-corrected chi connectivity index (χ3v) is 12.4. The Morgan fingerprint density at radius 2 is 1.78 bits per heavy atom. The van der Waals surface area contributed by atoms with Crippen molar-refractivity contribution in [2.75, 3.05) is 85.5 Å². The number of piperidine rings is 2. The third kappa shape index (κ3) is 7.54. The first-order valence-corrected chi connectivity index (χ1v) is 19.5. The van der Waals surface area contributed by atoms with Gasteiger partial charge in [-0.15, -0.1) is 10.2 Å². The zero-order valence-electron chi connectivity index (χ0n) is 30.7. The lowest BCUT2D eigenvalue weighted by atomic mass is 9.77. The maximum atomic E-state index is 13.3. The summed E-state index contributed by atoms with van der Waals surface area (Å²) in [4.78, 5) is 48.4. The molecular weight excluding hydrogens is 704 g/mol. The van der Waals surface area contributed by atoms with Crippen LogP contribution >= 0.6 is 11.6 Å². The van der Waals surface area contributed by atoms with Crippen LogP contribution in [-0.4, -0.2) is 115 Å². The molecule has 1 aromatic heterocycles. The summed E-state index contributed by atoms with van der Waals surface area (Å²) < 4.78 is 0. The van der Waals surface area contributed by atoms with Crippen molar-refractivity contribution >= 4 is 52.2 Å². The molecule has 0 radical (unpaired) electrons. The van der Waals surface area contributed by atoms with Crippen LogP contribution < -0.4 is 25.3 Å². The van der Waals surface area contributed by atoms with Gasteiger partial charge in [-0.05, 0) is 86.6 Å². The van der Waals surface area contributed by atoms with E-state index in [2.05, 4.69) is 65.6 Å². The minimum atomic E-state index is -0.401. The van der Waals surface area contributed by atoms with Crippen LogP contribution in [-0.2, 0) is 9.59 Å². The molecular formula is C40H47ClN10O3. The van der Waals surface area contributed by atoms with Crippen LogP contribution in [0.25, 0.3) is 0 Å². The van der Waals surface area contributed by atoms with Crippen LogP contribution in [0, 0.1) is 22.7 Å². The molecule has 3 aromatic rings. The van der Waals surface area contributed by atoms with Crippen molar-refractivity contribution in [3.05, 3.63) is 70.9 Å². The van der Waals surface area contributed by atoms with Gasteiger partial charge in [0.2, 0.25) is 11.8 Å². The van der Waals surface area contributed by atoms with E-state index < -0.39 is 6.04 Å². The second-order valence-corrected chi connectivity index (χ2v) is 16.2. The Morgan fingerprint density at radius 3 is 2.48 bits per heavy atom. The second-order valence-electron chi connectivity index (χ2n) is 15.8. The number of nitriles is 1. The summed E-state index contributed by atoms with van der Waals surface area (Å²) in [5, 5.41) is 24.3. The Balaban J connectivity index is 0.764. The van der Waals surface area contributed by atoms with Crippen LogP contribution in [0.1, 0.15) is 55.1 Å². The molecule has 6 heterocycles. The number of halogens is 1. The predicted octanol–water partition coefficient (Wildman–Crippen LogP) is 4.00. The van der Waals surface area contributed by atoms with Gasteiger partial charge >= 0.3 is 0 Å². The predicted molar refractivity (Wildman–Crippen MR) is 208 cm³/mol. The van der Waals surface area contributed by atoms with Gasteiger partial charge in [0.1, 0.15) is 12.1 Å². The second kappa shape index (κ2) is 15.1. The standard InChI is InChI=1S/C40H47ClN10O3/c1-27-21-40(26-51(27)32-6-5-29(22-42)33(41)20-32)11-13-49(14-12-40)36-9-7-35(45-46-36)39(54)50-24-28(25-50)23-47-15-17-48(18-16-47)31-4-2-3-30(19-31)43-34-8-10-37(52)44-38(34)53/h2-7,9,19-20,27-28,34,43H,8,10-18,21,23-26H2,1H3,(H,44,52,53). The highest BCUT2D eigenvalue weighted by Gasteiger charge is 2.44. The molecule has 0 bridgehead atoms. The molecule has 13 nitrogen and oxygen atoms in total. The smallest absolute Gasteiger partial charge is 0.274 e. The number of anilines is 4. The SMILES string of the molecule is CC1CC2(CCN(c3ccc(C(=O)N4CC(CN5CCN(c6cccc(NC7CCC(=O)NC7=O)c6)CC5)C4)nn3)CC2)CN1c1ccc(C#N)c(Cl)c1. The normalized spacial score (nSPS) is 23.3. The minimum Gasteiger partial charge on any atom is -0.374 e. The van der Waals surface area contributed by atoms with Gasteiger partial charge in [-0.3, -0.25) is 24.6 Å². The van der Waals surface area contributed by atoms with Gasteiger partial charge in [0.25, 0.3) is 5.91 Å². The summed E-state index contributed by atoms with van der Waals surface area (Å²) in [5.41, 5.74) is 4.20. The molecule has 282 valence electrons. The largest absolute Gasteiger partial charge is 0.374 e. The molecule has 5 aliphatic rings. The molecule has 14 heteroatoms. The zero-order valence-corrected chi connectivity index (χ0v) is 31.5. The lowest BCUT2D eigenvalue weighted by Crippen LogP contribution is -2.56. The molecule has 2 unspecified atom stereocenters. The Hall–Kier alpha value is -4.93. The number of hydrogen-bond donors (Lipinski definition) is 2. The summed E-state index contributed by atoms with van der Waals surface area (Å²) in [5.74, 6) is 0.727. The fourth-order valence-corrected chi connectivity index (χ4v) is 9.23. The average Bonchev–Trinajstić information content (AvgIpc) is 3.49. The van der Waals surface area contributed by atoms with E-state index in [1.165, 1.54) is 0 Å². The lowest BCUT2D eigenvalue weighted by Gasteiger charge is -2.43. The van der Waals surface area contributed by atoms with Crippen LogP contribution in [0.2, 0.25) is 5.02 Å². The lowest BCUT2D eigenvalue weighted by molar-refractivity contribution is -0.133. The van der Waals surface area contributed by atoms with Crippen molar-refractivity contribution in [2.45, 2.75) is 51.1 Å². The first kappa shape index (κ1) is 36.1. The van der Waals surface area contributed by atoms with Crippen LogP contribution in [0.3, 0.4) is 0 Å². The average molecular weight is 751 g/mol.